The van der Waals surface area contributed by atoms with Gasteiger partial charge in [-0.2, -0.15) is 0 Å². The van der Waals surface area contributed by atoms with Gasteiger partial charge < -0.3 is 16.0 Å². The number of carbonyl (C=O) groups is 2. The van der Waals surface area contributed by atoms with Gasteiger partial charge in [-0.3, -0.25) is 9.59 Å². The molecule has 20 heavy (non-hydrogen) atoms. The molecule has 1 saturated heterocycles. The zero-order valence-corrected chi connectivity index (χ0v) is 12.3. The number of rotatable bonds is 5. The molecule has 1 aliphatic carbocycles. The van der Waals surface area contributed by atoms with Crippen LogP contribution in [0.5, 0.6) is 0 Å². The Labute approximate surface area is 118 Å². The normalized spacial score (nSPS) is 26.6. The summed E-state index contributed by atoms with van der Waals surface area (Å²) in [5.41, 5.74) is 0. The van der Waals surface area contributed by atoms with Crippen LogP contribution in [0, 0.1) is 0 Å². The van der Waals surface area contributed by atoms with Crippen molar-refractivity contribution < 1.29 is 18.0 Å². The highest BCUT2D eigenvalue weighted by molar-refractivity contribution is 7.91. The number of nitrogens with one attached hydrogen (secondary N) is 3. The fourth-order valence-corrected chi connectivity index (χ4v) is 3.59. The molecule has 2 atom stereocenters. The van der Waals surface area contributed by atoms with Crippen molar-refractivity contribution in [3.63, 3.8) is 0 Å². The Bertz CT molecular complexity index is 487. The molecular formula is C12H21N3O4S. The second-order valence-electron chi connectivity index (χ2n) is 5.54. The van der Waals surface area contributed by atoms with E-state index in [0.717, 1.165) is 12.8 Å². The molecule has 0 aromatic carbocycles. The largest absolute Gasteiger partial charge is 0.352 e. The molecule has 1 aliphatic heterocycles. The van der Waals surface area contributed by atoms with Crippen LogP contribution in [0.15, 0.2) is 0 Å². The monoisotopic (exact) mass is 303 g/mol. The lowest BCUT2D eigenvalue weighted by atomic mass is 10.2. The van der Waals surface area contributed by atoms with Gasteiger partial charge in [0, 0.05) is 25.0 Å². The number of carbonyl (C=O) groups excluding carboxylic acids is 2. The Kier molecular flexibility index (Phi) is 4.64. The minimum Gasteiger partial charge on any atom is -0.352 e. The van der Waals surface area contributed by atoms with Crippen LogP contribution in [0.25, 0.3) is 0 Å². The summed E-state index contributed by atoms with van der Waals surface area (Å²) in [6.07, 6.45) is 2.06. The molecule has 2 fully saturated rings. The van der Waals surface area contributed by atoms with Crippen molar-refractivity contribution in [3.05, 3.63) is 0 Å². The smallest absolute Gasteiger partial charge is 0.242 e. The maximum atomic E-state index is 11.8. The standard InChI is InChI=1S/C12H21N3O4S/c1-8(12(17)15-9-2-3-9)14-11(16)6-10-7-20(18,19)5-4-13-10/h8-10,13H,2-7H2,1H3,(H,14,16)(H,15,17). The Morgan fingerprint density at radius 2 is 2.05 bits per heavy atom. The van der Waals surface area contributed by atoms with Gasteiger partial charge in [-0.1, -0.05) is 0 Å². The van der Waals surface area contributed by atoms with Crippen LogP contribution < -0.4 is 16.0 Å². The SMILES string of the molecule is CC(NC(=O)CC1CS(=O)(=O)CCN1)C(=O)NC1CC1. The minimum absolute atomic E-state index is 0.0247. The van der Waals surface area contributed by atoms with Crippen molar-refractivity contribution in [1.82, 2.24) is 16.0 Å². The summed E-state index contributed by atoms with van der Waals surface area (Å²) in [4.78, 5) is 23.5. The lowest BCUT2D eigenvalue weighted by Crippen LogP contribution is -2.50. The summed E-state index contributed by atoms with van der Waals surface area (Å²) in [6.45, 7) is 2.00. The molecular weight excluding hydrogens is 282 g/mol. The topological polar surface area (TPSA) is 104 Å². The highest BCUT2D eigenvalue weighted by Gasteiger charge is 2.28. The number of hydrogen-bond acceptors (Lipinski definition) is 5. The maximum Gasteiger partial charge on any atom is 0.242 e. The third-order valence-corrected chi connectivity index (χ3v) is 5.16. The van der Waals surface area contributed by atoms with Crippen LogP contribution in [0.4, 0.5) is 0 Å². The molecule has 0 radical (unpaired) electrons. The van der Waals surface area contributed by atoms with Crippen molar-refractivity contribution in [2.45, 2.75) is 44.3 Å². The molecule has 3 N–H and O–H groups in total. The summed E-state index contributed by atoms with van der Waals surface area (Å²) >= 11 is 0. The van der Waals surface area contributed by atoms with Crippen LogP contribution in [-0.4, -0.2) is 56.4 Å². The average molecular weight is 303 g/mol. The number of amides is 2. The van der Waals surface area contributed by atoms with E-state index in [-0.39, 0.29) is 41.8 Å². The average Bonchev–Trinajstić information content (AvgIpc) is 3.11. The fraction of sp³-hybridized carbons (Fsp3) is 0.833. The molecule has 2 amide bonds. The van der Waals surface area contributed by atoms with Crippen LogP contribution >= 0.6 is 0 Å². The quantitative estimate of drug-likeness (QED) is 0.576. The molecule has 0 spiro atoms. The lowest BCUT2D eigenvalue weighted by molar-refractivity contribution is -0.128. The van der Waals surface area contributed by atoms with E-state index in [9.17, 15) is 18.0 Å². The molecule has 2 aliphatic rings. The van der Waals surface area contributed by atoms with E-state index in [1.54, 1.807) is 6.92 Å². The van der Waals surface area contributed by atoms with Crippen molar-refractivity contribution in [2.75, 3.05) is 18.1 Å². The van der Waals surface area contributed by atoms with Gasteiger partial charge in [0.1, 0.15) is 6.04 Å². The fourth-order valence-electron chi connectivity index (χ4n) is 2.14. The Hall–Kier alpha value is -1.15. The number of hydrogen-bond donors (Lipinski definition) is 3. The summed E-state index contributed by atoms with van der Waals surface area (Å²) in [5.74, 6) is -0.405. The van der Waals surface area contributed by atoms with Crippen LogP contribution in [0.3, 0.4) is 0 Å². The highest BCUT2D eigenvalue weighted by atomic mass is 32.2. The second kappa shape index (κ2) is 6.09. The Morgan fingerprint density at radius 1 is 1.35 bits per heavy atom. The zero-order chi connectivity index (χ0) is 14.8. The van der Waals surface area contributed by atoms with E-state index in [2.05, 4.69) is 16.0 Å². The highest BCUT2D eigenvalue weighted by Crippen LogP contribution is 2.18. The van der Waals surface area contributed by atoms with Crippen LogP contribution in [0.2, 0.25) is 0 Å². The van der Waals surface area contributed by atoms with Gasteiger partial charge in [0.2, 0.25) is 11.8 Å². The molecule has 0 aromatic heterocycles. The summed E-state index contributed by atoms with van der Waals surface area (Å²) in [5, 5.41) is 8.42. The van der Waals surface area contributed by atoms with E-state index >= 15 is 0 Å². The first-order valence-corrected chi connectivity index (χ1v) is 8.71. The maximum absolute atomic E-state index is 11.8. The van der Waals surface area contributed by atoms with E-state index in [4.69, 9.17) is 0 Å². The van der Waals surface area contributed by atoms with Gasteiger partial charge in [-0.05, 0) is 19.8 Å². The van der Waals surface area contributed by atoms with E-state index in [1.807, 2.05) is 0 Å². The molecule has 2 unspecified atom stereocenters. The van der Waals surface area contributed by atoms with Crippen molar-refractivity contribution in [2.24, 2.45) is 0 Å². The third kappa shape index (κ3) is 4.75. The summed E-state index contributed by atoms with van der Waals surface area (Å²) in [6, 6.07) is -0.706. The predicted molar refractivity (Wildman–Crippen MR) is 73.8 cm³/mol. The first-order chi connectivity index (χ1) is 9.35. The lowest BCUT2D eigenvalue weighted by Gasteiger charge is -2.23. The third-order valence-electron chi connectivity index (χ3n) is 3.43. The van der Waals surface area contributed by atoms with Crippen LogP contribution in [-0.2, 0) is 19.4 Å². The molecule has 1 saturated carbocycles. The molecule has 7 nitrogen and oxygen atoms in total. The summed E-state index contributed by atoms with van der Waals surface area (Å²) < 4.78 is 22.9. The molecule has 8 heteroatoms. The molecule has 0 aromatic rings. The van der Waals surface area contributed by atoms with Gasteiger partial charge in [-0.15, -0.1) is 0 Å². The van der Waals surface area contributed by atoms with Gasteiger partial charge in [0.05, 0.1) is 11.5 Å². The Morgan fingerprint density at radius 3 is 2.65 bits per heavy atom. The Balaban J connectivity index is 1.75. The van der Waals surface area contributed by atoms with Crippen LogP contribution in [0.1, 0.15) is 26.2 Å². The van der Waals surface area contributed by atoms with Crippen molar-refractivity contribution >= 4 is 21.7 Å². The van der Waals surface area contributed by atoms with Gasteiger partial charge in [-0.25, -0.2) is 8.42 Å². The second-order valence-corrected chi connectivity index (χ2v) is 7.77. The first kappa shape index (κ1) is 15.2. The predicted octanol–water partition coefficient (Wildman–Crippen LogP) is -1.45. The minimum atomic E-state index is -3.05. The van der Waals surface area contributed by atoms with E-state index < -0.39 is 15.9 Å². The van der Waals surface area contributed by atoms with Gasteiger partial charge in [0.25, 0.3) is 0 Å². The van der Waals surface area contributed by atoms with Crippen molar-refractivity contribution in [3.8, 4) is 0 Å². The zero-order valence-electron chi connectivity index (χ0n) is 11.5. The van der Waals surface area contributed by atoms with E-state index in [1.165, 1.54) is 0 Å². The molecule has 2 rings (SSSR count). The van der Waals surface area contributed by atoms with Gasteiger partial charge >= 0.3 is 0 Å². The van der Waals surface area contributed by atoms with Crippen molar-refractivity contribution in [1.29, 1.82) is 0 Å². The summed E-state index contributed by atoms with van der Waals surface area (Å²) in [7, 11) is -3.05. The first-order valence-electron chi connectivity index (χ1n) is 6.89. The molecule has 0 bridgehead atoms. The number of sulfone groups is 1. The molecule has 1 heterocycles. The molecule has 114 valence electrons. The van der Waals surface area contributed by atoms with Gasteiger partial charge in [0.15, 0.2) is 9.84 Å². The van der Waals surface area contributed by atoms with E-state index in [0.29, 0.717) is 6.54 Å².